The number of hydrogen-bond donors (Lipinski definition) is 3. The molecule has 7 nitrogen and oxygen atoms in total. The van der Waals surface area contributed by atoms with Crippen molar-refractivity contribution in [3.8, 4) is 0 Å². The number of primary sulfonamides is 1. The van der Waals surface area contributed by atoms with E-state index in [1.54, 1.807) is 32.9 Å². The number of hydrogen-bond acceptors (Lipinski definition) is 4. The number of carbonyl (C=O) groups excluding carboxylic acids is 2. The van der Waals surface area contributed by atoms with E-state index in [0.29, 0.717) is 22.5 Å². The van der Waals surface area contributed by atoms with E-state index in [4.69, 9.17) is 5.14 Å². The highest BCUT2D eigenvalue weighted by molar-refractivity contribution is 7.89. The van der Waals surface area contributed by atoms with E-state index >= 15 is 0 Å². The number of carbonyl (C=O) groups is 2. The average molecular weight is 363 g/mol. The van der Waals surface area contributed by atoms with Gasteiger partial charge in [-0.25, -0.2) is 13.6 Å². The van der Waals surface area contributed by atoms with Crippen LogP contribution in [-0.4, -0.2) is 25.1 Å². The van der Waals surface area contributed by atoms with Gasteiger partial charge in [0.15, 0.2) is 5.78 Å². The molecule has 4 N–H and O–H groups in total. The molecule has 0 spiro atoms. The first-order valence-electron chi connectivity index (χ1n) is 7.66. The van der Waals surface area contributed by atoms with Gasteiger partial charge in [-0.05, 0) is 51.0 Å². The third-order valence-electron chi connectivity index (χ3n) is 4.07. The summed E-state index contributed by atoms with van der Waals surface area (Å²) in [4.78, 5) is 27.1. The van der Waals surface area contributed by atoms with Crippen LogP contribution in [0.3, 0.4) is 0 Å². The van der Waals surface area contributed by atoms with E-state index in [2.05, 4.69) is 10.3 Å². The molecule has 8 heteroatoms. The maximum Gasteiger partial charge on any atom is 0.268 e. The number of sulfonamides is 1. The number of aromatic nitrogens is 1. The molecule has 0 aliphatic rings. The molecule has 25 heavy (non-hydrogen) atoms. The summed E-state index contributed by atoms with van der Waals surface area (Å²) >= 11 is 0. The Bertz CT molecular complexity index is 928. The second kappa shape index (κ2) is 6.81. The van der Waals surface area contributed by atoms with Crippen molar-refractivity contribution in [3.63, 3.8) is 0 Å². The van der Waals surface area contributed by atoms with Crippen LogP contribution in [0.4, 0.5) is 0 Å². The van der Waals surface area contributed by atoms with Gasteiger partial charge >= 0.3 is 0 Å². The summed E-state index contributed by atoms with van der Waals surface area (Å²) in [5, 5.41) is 7.90. The maximum atomic E-state index is 12.5. The van der Waals surface area contributed by atoms with Gasteiger partial charge in [0.1, 0.15) is 5.69 Å². The molecule has 0 saturated heterocycles. The molecule has 0 aliphatic carbocycles. The Kier molecular flexibility index (Phi) is 5.15. The summed E-state index contributed by atoms with van der Waals surface area (Å²) in [6, 6.07) is 5.62. The van der Waals surface area contributed by atoms with Crippen LogP contribution in [-0.2, 0) is 10.0 Å². The van der Waals surface area contributed by atoms with Crippen molar-refractivity contribution in [1.82, 2.24) is 10.3 Å². The number of rotatable bonds is 5. The van der Waals surface area contributed by atoms with Gasteiger partial charge < -0.3 is 10.3 Å². The monoisotopic (exact) mass is 363 g/mol. The van der Waals surface area contributed by atoms with Crippen LogP contribution < -0.4 is 10.5 Å². The molecule has 0 saturated carbocycles. The number of aryl methyl sites for hydroxylation is 1. The first kappa shape index (κ1) is 18.9. The second-order valence-electron chi connectivity index (χ2n) is 5.99. The van der Waals surface area contributed by atoms with Gasteiger partial charge in [-0.3, -0.25) is 9.59 Å². The molecule has 0 fully saturated rings. The topological polar surface area (TPSA) is 122 Å². The highest BCUT2D eigenvalue weighted by atomic mass is 32.2. The van der Waals surface area contributed by atoms with Crippen molar-refractivity contribution >= 4 is 21.7 Å². The van der Waals surface area contributed by atoms with Crippen molar-refractivity contribution in [3.05, 3.63) is 52.3 Å². The van der Waals surface area contributed by atoms with Gasteiger partial charge in [-0.1, -0.05) is 12.1 Å². The Hall–Kier alpha value is -2.45. The molecule has 1 atom stereocenters. The Morgan fingerprint density at radius 3 is 2.16 bits per heavy atom. The molecule has 2 aromatic rings. The van der Waals surface area contributed by atoms with Crippen molar-refractivity contribution in [2.24, 2.45) is 5.14 Å². The van der Waals surface area contributed by atoms with Gasteiger partial charge in [0.25, 0.3) is 5.91 Å². The van der Waals surface area contributed by atoms with Crippen molar-refractivity contribution in [2.75, 3.05) is 0 Å². The smallest absolute Gasteiger partial charge is 0.268 e. The first-order chi connectivity index (χ1) is 11.5. The minimum absolute atomic E-state index is 0.0108. The zero-order chi connectivity index (χ0) is 18.9. The maximum absolute atomic E-state index is 12.5. The third kappa shape index (κ3) is 3.97. The summed E-state index contributed by atoms with van der Waals surface area (Å²) < 4.78 is 22.6. The zero-order valence-electron chi connectivity index (χ0n) is 14.5. The minimum atomic E-state index is -3.75. The van der Waals surface area contributed by atoms with E-state index in [0.717, 1.165) is 5.56 Å². The van der Waals surface area contributed by atoms with Crippen LogP contribution in [0.15, 0.2) is 29.2 Å². The normalized spacial score (nSPS) is 12.7. The van der Waals surface area contributed by atoms with E-state index in [1.807, 2.05) is 0 Å². The van der Waals surface area contributed by atoms with Crippen molar-refractivity contribution in [2.45, 2.75) is 38.6 Å². The number of ketones is 1. The fourth-order valence-electron chi connectivity index (χ4n) is 2.80. The van der Waals surface area contributed by atoms with Crippen molar-refractivity contribution in [1.29, 1.82) is 0 Å². The molecule has 1 amide bonds. The van der Waals surface area contributed by atoms with E-state index in [9.17, 15) is 18.0 Å². The average Bonchev–Trinajstić information content (AvgIpc) is 2.81. The standard InChI is InChI=1S/C17H21N3O4S/c1-9-15(12(4)21)11(3)19-16(9)17(22)20-10(2)13-5-7-14(8-6-13)25(18,23)24/h5-8,10,19H,1-4H3,(H,20,22)(H2,18,23,24)/t10-/m1/s1. The Balaban J connectivity index is 2.21. The Labute approximate surface area is 146 Å². The fraction of sp³-hybridized carbons (Fsp3) is 0.294. The van der Waals surface area contributed by atoms with Crippen molar-refractivity contribution < 1.29 is 18.0 Å². The SMILES string of the molecule is CC(=O)c1c(C)[nH]c(C(=O)N[C@H](C)c2ccc(S(N)(=O)=O)cc2)c1C. The second-order valence-corrected chi connectivity index (χ2v) is 7.55. The molecule has 134 valence electrons. The molecule has 1 aromatic carbocycles. The lowest BCUT2D eigenvalue weighted by Crippen LogP contribution is -2.27. The number of benzene rings is 1. The molecule has 1 heterocycles. The molecule has 1 aromatic heterocycles. The quantitative estimate of drug-likeness (QED) is 0.703. The van der Waals surface area contributed by atoms with E-state index in [1.165, 1.54) is 19.1 Å². The van der Waals surface area contributed by atoms with Gasteiger partial charge in [0.05, 0.1) is 10.9 Å². The molecule has 0 aliphatic heterocycles. The minimum Gasteiger partial charge on any atom is -0.354 e. The molecule has 0 radical (unpaired) electrons. The molecule has 0 unspecified atom stereocenters. The summed E-state index contributed by atoms with van der Waals surface area (Å²) in [5.41, 5.74) is 2.86. The predicted octanol–water partition coefficient (Wildman–Crippen LogP) is 1.97. The van der Waals surface area contributed by atoms with Gasteiger partial charge in [-0.2, -0.15) is 0 Å². The Morgan fingerprint density at radius 2 is 1.72 bits per heavy atom. The molecular weight excluding hydrogens is 342 g/mol. The lowest BCUT2D eigenvalue weighted by Gasteiger charge is -2.14. The summed E-state index contributed by atoms with van der Waals surface area (Å²) in [7, 11) is -3.75. The van der Waals surface area contributed by atoms with E-state index < -0.39 is 10.0 Å². The third-order valence-corrected chi connectivity index (χ3v) is 5.00. The van der Waals surface area contributed by atoms with Crippen LogP contribution in [0.2, 0.25) is 0 Å². The fourth-order valence-corrected chi connectivity index (χ4v) is 3.32. The van der Waals surface area contributed by atoms with Crippen LogP contribution in [0.5, 0.6) is 0 Å². The Morgan fingerprint density at radius 1 is 1.16 bits per heavy atom. The number of amides is 1. The lowest BCUT2D eigenvalue weighted by molar-refractivity contribution is 0.0934. The number of nitrogens with one attached hydrogen (secondary N) is 2. The summed E-state index contributed by atoms with van der Waals surface area (Å²) in [5.74, 6) is -0.437. The predicted molar refractivity (Wildman–Crippen MR) is 94.0 cm³/mol. The number of Topliss-reactive ketones (excluding diaryl/α,β-unsaturated/α-hetero) is 1. The van der Waals surface area contributed by atoms with E-state index in [-0.39, 0.29) is 22.6 Å². The van der Waals surface area contributed by atoms with Gasteiger partial charge in [0, 0.05) is 11.3 Å². The highest BCUT2D eigenvalue weighted by Gasteiger charge is 2.21. The van der Waals surface area contributed by atoms with Crippen LogP contribution in [0, 0.1) is 13.8 Å². The summed E-state index contributed by atoms with van der Waals surface area (Å²) in [6.45, 7) is 6.71. The number of aromatic amines is 1. The number of nitrogens with two attached hydrogens (primary N) is 1. The molecular formula is C17H21N3O4S. The van der Waals surface area contributed by atoms with Gasteiger partial charge in [0.2, 0.25) is 10.0 Å². The largest absolute Gasteiger partial charge is 0.354 e. The summed E-state index contributed by atoms with van der Waals surface area (Å²) in [6.07, 6.45) is 0. The molecule has 2 rings (SSSR count). The van der Waals surface area contributed by atoms with Crippen LogP contribution >= 0.6 is 0 Å². The highest BCUT2D eigenvalue weighted by Crippen LogP contribution is 2.20. The van der Waals surface area contributed by atoms with Crippen LogP contribution in [0.1, 0.15) is 57.6 Å². The van der Waals surface area contributed by atoms with Crippen LogP contribution in [0.25, 0.3) is 0 Å². The van der Waals surface area contributed by atoms with Gasteiger partial charge in [-0.15, -0.1) is 0 Å². The zero-order valence-corrected chi connectivity index (χ0v) is 15.3. The lowest BCUT2D eigenvalue weighted by atomic mass is 10.1. The molecule has 0 bridgehead atoms. The number of H-pyrrole nitrogens is 1. The first-order valence-corrected chi connectivity index (χ1v) is 9.20.